The molecule has 0 radical (unpaired) electrons. The molecule has 0 bridgehead atoms. The van der Waals surface area contributed by atoms with Crippen LogP contribution in [0.15, 0.2) is 24.3 Å². The van der Waals surface area contributed by atoms with Crippen LogP contribution in [0, 0.1) is 5.92 Å². The van der Waals surface area contributed by atoms with E-state index >= 15 is 0 Å². The molecule has 2 nitrogen and oxygen atoms in total. The summed E-state index contributed by atoms with van der Waals surface area (Å²) < 4.78 is 0. The largest absolute Gasteiger partial charge is 0.399 e. The first-order valence-corrected chi connectivity index (χ1v) is 4.91. The fourth-order valence-corrected chi connectivity index (χ4v) is 1.72. The van der Waals surface area contributed by atoms with Gasteiger partial charge >= 0.3 is 0 Å². The number of benzene rings is 1. The minimum absolute atomic E-state index is 0.687. The summed E-state index contributed by atoms with van der Waals surface area (Å²) in [5.74, 6) is 0.876. The molecule has 0 aliphatic heterocycles. The highest BCUT2D eigenvalue weighted by molar-refractivity contribution is 5.55. The van der Waals surface area contributed by atoms with Crippen LogP contribution >= 0.6 is 0 Å². The van der Waals surface area contributed by atoms with Crippen LogP contribution in [0.5, 0.6) is 0 Å². The van der Waals surface area contributed by atoms with E-state index in [2.05, 4.69) is 18.3 Å². The Morgan fingerprint density at radius 1 is 1.54 bits per heavy atom. The zero-order valence-corrected chi connectivity index (χ0v) is 7.96. The van der Waals surface area contributed by atoms with Crippen molar-refractivity contribution in [2.24, 2.45) is 5.92 Å². The Bertz CT molecular complexity index is 296. The second-order valence-electron chi connectivity index (χ2n) is 3.78. The van der Waals surface area contributed by atoms with Gasteiger partial charge in [0.2, 0.25) is 0 Å². The van der Waals surface area contributed by atoms with Crippen LogP contribution in [0.2, 0.25) is 0 Å². The number of nitrogens with two attached hydrogens (primary N) is 1. The van der Waals surface area contributed by atoms with E-state index in [9.17, 15) is 0 Å². The minimum Gasteiger partial charge on any atom is -0.399 e. The molecular weight excluding hydrogens is 160 g/mol. The van der Waals surface area contributed by atoms with Crippen molar-refractivity contribution in [1.82, 2.24) is 0 Å². The molecule has 1 aliphatic rings. The summed E-state index contributed by atoms with van der Waals surface area (Å²) in [6, 6.07) is 8.65. The van der Waals surface area contributed by atoms with Crippen molar-refractivity contribution in [3.8, 4) is 0 Å². The SMILES string of the molecule is CCC1CC1Nc1cccc(N)c1. The van der Waals surface area contributed by atoms with Gasteiger partial charge in [0.25, 0.3) is 0 Å². The summed E-state index contributed by atoms with van der Waals surface area (Å²) in [6.07, 6.45) is 2.59. The van der Waals surface area contributed by atoms with E-state index in [0.717, 1.165) is 17.3 Å². The number of hydrogen-bond acceptors (Lipinski definition) is 2. The molecule has 2 unspecified atom stereocenters. The molecule has 2 rings (SSSR count). The monoisotopic (exact) mass is 176 g/mol. The van der Waals surface area contributed by atoms with Crippen molar-refractivity contribution in [1.29, 1.82) is 0 Å². The van der Waals surface area contributed by atoms with Gasteiger partial charge < -0.3 is 11.1 Å². The summed E-state index contributed by atoms with van der Waals surface area (Å²) in [7, 11) is 0. The van der Waals surface area contributed by atoms with Crippen molar-refractivity contribution < 1.29 is 0 Å². The maximum Gasteiger partial charge on any atom is 0.0363 e. The van der Waals surface area contributed by atoms with Crippen LogP contribution in [0.1, 0.15) is 19.8 Å². The highest BCUT2D eigenvalue weighted by Crippen LogP contribution is 2.36. The normalized spacial score (nSPS) is 25.6. The van der Waals surface area contributed by atoms with Crippen LogP contribution < -0.4 is 11.1 Å². The van der Waals surface area contributed by atoms with E-state index in [1.165, 1.54) is 12.8 Å². The summed E-state index contributed by atoms with van der Waals surface area (Å²) >= 11 is 0. The molecule has 0 aromatic heterocycles. The Balaban J connectivity index is 1.95. The molecule has 1 aromatic rings. The Morgan fingerprint density at radius 2 is 2.38 bits per heavy atom. The van der Waals surface area contributed by atoms with Crippen LogP contribution in [0.4, 0.5) is 11.4 Å². The second-order valence-corrected chi connectivity index (χ2v) is 3.78. The minimum atomic E-state index is 0.687. The van der Waals surface area contributed by atoms with Crippen molar-refractivity contribution >= 4 is 11.4 Å². The number of anilines is 2. The average Bonchev–Trinajstić information content (AvgIpc) is 2.83. The lowest BCUT2D eigenvalue weighted by atomic mass is 10.2. The third-order valence-electron chi connectivity index (χ3n) is 2.69. The fraction of sp³-hybridized carbons (Fsp3) is 0.455. The van der Waals surface area contributed by atoms with Gasteiger partial charge in [0.1, 0.15) is 0 Å². The Labute approximate surface area is 79.1 Å². The first-order valence-electron chi connectivity index (χ1n) is 4.91. The van der Waals surface area contributed by atoms with Crippen LogP contribution in [0.25, 0.3) is 0 Å². The summed E-state index contributed by atoms with van der Waals surface area (Å²) in [5, 5.41) is 3.48. The second kappa shape index (κ2) is 3.29. The van der Waals surface area contributed by atoms with Crippen molar-refractivity contribution in [3.05, 3.63) is 24.3 Å². The van der Waals surface area contributed by atoms with E-state index in [4.69, 9.17) is 5.73 Å². The fourth-order valence-electron chi connectivity index (χ4n) is 1.72. The lowest BCUT2D eigenvalue weighted by molar-refractivity contribution is 0.775. The van der Waals surface area contributed by atoms with Gasteiger partial charge in [-0.25, -0.2) is 0 Å². The first-order chi connectivity index (χ1) is 6.29. The Hall–Kier alpha value is -1.18. The molecule has 1 aromatic carbocycles. The van der Waals surface area contributed by atoms with Crippen molar-refractivity contribution in [2.45, 2.75) is 25.8 Å². The molecule has 1 fully saturated rings. The van der Waals surface area contributed by atoms with E-state index in [-0.39, 0.29) is 0 Å². The highest BCUT2D eigenvalue weighted by Gasteiger charge is 2.34. The van der Waals surface area contributed by atoms with Crippen LogP contribution in [-0.4, -0.2) is 6.04 Å². The number of nitrogen functional groups attached to an aromatic ring is 1. The molecule has 0 amide bonds. The predicted molar refractivity (Wildman–Crippen MR) is 56.7 cm³/mol. The van der Waals surface area contributed by atoms with E-state index in [1.54, 1.807) is 0 Å². The molecule has 2 atom stereocenters. The highest BCUT2D eigenvalue weighted by atomic mass is 15.0. The standard InChI is InChI=1S/C11H16N2/c1-2-8-6-11(8)13-10-5-3-4-9(12)7-10/h3-5,7-8,11,13H,2,6,12H2,1H3. The van der Waals surface area contributed by atoms with Gasteiger partial charge in [-0.15, -0.1) is 0 Å². The molecule has 3 N–H and O–H groups in total. The van der Waals surface area contributed by atoms with Gasteiger partial charge in [0.05, 0.1) is 0 Å². The number of rotatable bonds is 3. The summed E-state index contributed by atoms with van der Waals surface area (Å²) in [4.78, 5) is 0. The molecule has 0 heterocycles. The maximum absolute atomic E-state index is 5.68. The topological polar surface area (TPSA) is 38.0 Å². The van der Waals surface area contributed by atoms with Gasteiger partial charge in [-0.3, -0.25) is 0 Å². The summed E-state index contributed by atoms with van der Waals surface area (Å²) in [5.41, 5.74) is 7.67. The van der Waals surface area contributed by atoms with Crippen LogP contribution in [-0.2, 0) is 0 Å². The molecule has 0 saturated heterocycles. The molecule has 0 spiro atoms. The lowest BCUT2D eigenvalue weighted by Crippen LogP contribution is -2.04. The van der Waals surface area contributed by atoms with E-state index in [0.29, 0.717) is 6.04 Å². The molecule has 2 heteroatoms. The molecule has 1 saturated carbocycles. The smallest absolute Gasteiger partial charge is 0.0363 e. The van der Waals surface area contributed by atoms with Gasteiger partial charge in [-0.2, -0.15) is 0 Å². The number of nitrogens with one attached hydrogen (secondary N) is 1. The molecular formula is C11H16N2. The molecule has 1 aliphatic carbocycles. The van der Waals surface area contributed by atoms with E-state index < -0.39 is 0 Å². The maximum atomic E-state index is 5.68. The number of hydrogen-bond donors (Lipinski definition) is 2. The first kappa shape index (κ1) is 8.42. The van der Waals surface area contributed by atoms with Gasteiger partial charge in [0, 0.05) is 17.4 Å². The third kappa shape index (κ3) is 1.94. The predicted octanol–water partition coefficient (Wildman–Crippen LogP) is 2.48. The van der Waals surface area contributed by atoms with Crippen molar-refractivity contribution in [2.75, 3.05) is 11.1 Å². The quantitative estimate of drug-likeness (QED) is 0.694. The molecule has 70 valence electrons. The third-order valence-corrected chi connectivity index (χ3v) is 2.69. The molecule has 13 heavy (non-hydrogen) atoms. The zero-order valence-electron chi connectivity index (χ0n) is 7.96. The van der Waals surface area contributed by atoms with Gasteiger partial charge in [-0.05, 0) is 30.5 Å². The Morgan fingerprint density at radius 3 is 3.00 bits per heavy atom. The lowest BCUT2D eigenvalue weighted by Gasteiger charge is -2.05. The van der Waals surface area contributed by atoms with Crippen molar-refractivity contribution in [3.63, 3.8) is 0 Å². The van der Waals surface area contributed by atoms with Gasteiger partial charge in [0.15, 0.2) is 0 Å². The van der Waals surface area contributed by atoms with E-state index in [1.807, 2.05) is 18.2 Å². The average molecular weight is 176 g/mol. The van der Waals surface area contributed by atoms with Gasteiger partial charge in [-0.1, -0.05) is 19.4 Å². The zero-order chi connectivity index (χ0) is 9.26. The van der Waals surface area contributed by atoms with Crippen LogP contribution in [0.3, 0.4) is 0 Å². The summed E-state index contributed by atoms with van der Waals surface area (Å²) in [6.45, 7) is 2.24. The Kier molecular flexibility index (Phi) is 2.13.